The molecule has 2 atom stereocenters. The quantitative estimate of drug-likeness (QED) is 0.243. The number of aromatic nitrogens is 5. The van der Waals surface area contributed by atoms with Gasteiger partial charge in [0.15, 0.2) is 0 Å². The van der Waals surface area contributed by atoms with Crippen LogP contribution in [-0.4, -0.2) is 52.4 Å². The van der Waals surface area contributed by atoms with Crippen LogP contribution in [0.5, 0.6) is 0 Å². The lowest BCUT2D eigenvalue weighted by Crippen LogP contribution is -2.26. The molecule has 11 heteroatoms. The Kier molecular flexibility index (Phi) is 6.78. The Balaban J connectivity index is 1.62. The zero-order chi connectivity index (χ0) is 27.3. The van der Waals surface area contributed by atoms with E-state index in [2.05, 4.69) is 51.3 Å². The number of hydrogen-bond acceptors (Lipinski definition) is 8. The summed E-state index contributed by atoms with van der Waals surface area (Å²) in [4.78, 5) is 5.82. The number of benzene rings is 1. The van der Waals surface area contributed by atoms with E-state index in [1.165, 1.54) is 16.9 Å². The standard InChI is InChI=1S/C28H31N5O4S2/c1-17-26(32(3)31-30-17)21-14-22-25(29-16-21)28-23(15-24(38-28)18(2)37-39(4,34)35)33(22)27(19-8-6-5-7-9-19)20-10-12-36-13-11-20/h5-9,14-16,18,20,27H,10-13H2,1-4H3. The van der Waals surface area contributed by atoms with Crippen molar-refractivity contribution in [2.75, 3.05) is 19.5 Å². The van der Waals surface area contributed by atoms with Gasteiger partial charge in [-0.3, -0.25) is 9.17 Å². The zero-order valence-corrected chi connectivity index (χ0v) is 24.0. The van der Waals surface area contributed by atoms with Crippen LogP contribution < -0.4 is 0 Å². The SMILES string of the molecule is Cc1nnn(C)c1-c1cnc2c3sc(C(C)OS(C)(=O)=O)cc3n(C(c3ccccc3)C3CCOCC3)c2c1. The molecule has 0 aliphatic carbocycles. The maximum atomic E-state index is 11.9. The van der Waals surface area contributed by atoms with Crippen molar-refractivity contribution in [3.05, 3.63) is 64.8 Å². The van der Waals surface area contributed by atoms with Gasteiger partial charge in [-0.15, -0.1) is 16.4 Å². The Morgan fingerprint density at radius 3 is 2.54 bits per heavy atom. The van der Waals surface area contributed by atoms with E-state index >= 15 is 0 Å². The van der Waals surface area contributed by atoms with Crippen molar-refractivity contribution in [2.45, 2.75) is 38.8 Å². The maximum Gasteiger partial charge on any atom is 0.264 e. The average molecular weight is 566 g/mol. The fourth-order valence-corrected chi connectivity index (χ4v) is 7.62. The summed E-state index contributed by atoms with van der Waals surface area (Å²) in [6.45, 7) is 5.19. The maximum absolute atomic E-state index is 11.9. The lowest BCUT2D eigenvalue weighted by atomic mass is 9.86. The molecule has 0 N–H and O–H groups in total. The van der Waals surface area contributed by atoms with Gasteiger partial charge in [0, 0.05) is 36.9 Å². The summed E-state index contributed by atoms with van der Waals surface area (Å²) in [6, 6.07) is 14.9. The lowest BCUT2D eigenvalue weighted by Gasteiger charge is -2.33. The van der Waals surface area contributed by atoms with Crippen LogP contribution in [0.3, 0.4) is 0 Å². The molecule has 39 heavy (non-hydrogen) atoms. The summed E-state index contributed by atoms with van der Waals surface area (Å²) in [6.07, 6.45) is 4.26. The summed E-state index contributed by atoms with van der Waals surface area (Å²) in [5.41, 5.74) is 6.89. The number of ether oxygens (including phenoxy) is 1. The average Bonchev–Trinajstić information content (AvgIpc) is 3.57. The van der Waals surface area contributed by atoms with Crippen LogP contribution in [0, 0.1) is 12.8 Å². The second-order valence-corrected chi connectivity index (χ2v) is 12.9. The number of hydrogen-bond donors (Lipinski definition) is 0. The number of thiophene rings is 1. The summed E-state index contributed by atoms with van der Waals surface area (Å²) in [5.74, 6) is 0.358. The van der Waals surface area contributed by atoms with Crippen LogP contribution in [-0.2, 0) is 26.1 Å². The topological polar surface area (TPSA) is 101 Å². The highest BCUT2D eigenvalue weighted by molar-refractivity contribution is 7.86. The lowest BCUT2D eigenvalue weighted by molar-refractivity contribution is 0.0553. The molecule has 1 aromatic carbocycles. The van der Waals surface area contributed by atoms with Crippen molar-refractivity contribution >= 4 is 42.7 Å². The van der Waals surface area contributed by atoms with Gasteiger partial charge in [0.05, 0.1) is 39.4 Å². The van der Waals surface area contributed by atoms with E-state index in [0.717, 1.165) is 75.4 Å². The first-order valence-corrected chi connectivity index (χ1v) is 15.7. The third kappa shape index (κ3) is 4.88. The summed E-state index contributed by atoms with van der Waals surface area (Å²) in [5, 5.41) is 8.45. The van der Waals surface area contributed by atoms with E-state index < -0.39 is 16.2 Å². The highest BCUT2D eigenvalue weighted by Gasteiger charge is 2.31. The van der Waals surface area contributed by atoms with Crippen LogP contribution in [0.2, 0.25) is 0 Å². The molecule has 1 fully saturated rings. The molecule has 6 rings (SSSR count). The number of nitrogens with zero attached hydrogens (tertiary/aromatic N) is 5. The van der Waals surface area contributed by atoms with Gasteiger partial charge in [0.25, 0.3) is 10.1 Å². The molecule has 5 aromatic rings. The predicted octanol–water partition coefficient (Wildman–Crippen LogP) is 5.41. The molecule has 2 unspecified atom stereocenters. The molecular formula is C28H31N5O4S2. The van der Waals surface area contributed by atoms with Gasteiger partial charge in [-0.1, -0.05) is 35.5 Å². The molecule has 0 bridgehead atoms. The highest BCUT2D eigenvalue weighted by atomic mass is 32.2. The Bertz CT molecular complexity index is 1730. The molecule has 1 saturated heterocycles. The van der Waals surface area contributed by atoms with Crippen LogP contribution >= 0.6 is 11.3 Å². The Hall–Kier alpha value is -3.12. The van der Waals surface area contributed by atoms with E-state index in [1.807, 2.05) is 26.2 Å². The molecule has 1 aliphatic rings. The van der Waals surface area contributed by atoms with Gasteiger partial charge >= 0.3 is 0 Å². The van der Waals surface area contributed by atoms with Crippen LogP contribution in [0.4, 0.5) is 0 Å². The van der Waals surface area contributed by atoms with Gasteiger partial charge in [-0.05, 0) is 50.3 Å². The third-order valence-electron chi connectivity index (χ3n) is 7.45. The Morgan fingerprint density at radius 1 is 1.13 bits per heavy atom. The van der Waals surface area contributed by atoms with Gasteiger partial charge in [-0.25, -0.2) is 4.68 Å². The smallest absolute Gasteiger partial charge is 0.264 e. The van der Waals surface area contributed by atoms with E-state index in [0.29, 0.717) is 5.92 Å². The molecule has 9 nitrogen and oxygen atoms in total. The van der Waals surface area contributed by atoms with Crippen LogP contribution in [0.1, 0.15) is 48.0 Å². The monoisotopic (exact) mass is 565 g/mol. The minimum atomic E-state index is -3.60. The van der Waals surface area contributed by atoms with E-state index in [9.17, 15) is 8.42 Å². The molecule has 204 valence electrons. The largest absolute Gasteiger partial charge is 0.381 e. The molecule has 0 radical (unpaired) electrons. The Morgan fingerprint density at radius 2 is 1.87 bits per heavy atom. The first-order valence-electron chi connectivity index (χ1n) is 13.0. The molecule has 0 amide bonds. The van der Waals surface area contributed by atoms with E-state index in [-0.39, 0.29) is 6.04 Å². The fourth-order valence-electron chi connectivity index (χ4n) is 5.80. The zero-order valence-electron chi connectivity index (χ0n) is 22.4. The molecule has 4 aromatic heterocycles. The van der Waals surface area contributed by atoms with Gasteiger partial charge in [0.2, 0.25) is 0 Å². The number of aryl methyl sites for hydroxylation is 2. The normalized spacial score (nSPS) is 16.7. The van der Waals surface area contributed by atoms with Crippen molar-refractivity contribution in [1.82, 2.24) is 24.5 Å². The second kappa shape index (κ2) is 10.1. The minimum absolute atomic E-state index is 0.0477. The van der Waals surface area contributed by atoms with E-state index in [4.69, 9.17) is 13.9 Å². The first-order chi connectivity index (χ1) is 18.7. The number of rotatable bonds is 7. The van der Waals surface area contributed by atoms with Gasteiger partial charge in [0.1, 0.15) is 11.6 Å². The van der Waals surface area contributed by atoms with E-state index in [1.54, 1.807) is 11.6 Å². The summed E-state index contributed by atoms with van der Waals surface area (Å²) in [7, 11) is -1.71. The van der Waals surface area contributed by atoms with Gasteiger partial charge in [-0.2, -0.15) is 8.42 Å². The van der Waals surface area contributed by atoms with Gasteiger partial charge < -0.3 is 9.30 Å². The predicted molar refractivity (Wildman–Crippen MR) is 152 cm³/mol. The highest BCUT2D eigenvalue weighted by Crippen LogP contribution is 2.45. The van der Waals surface area contributed by atoms with Crippen LogP contribution in [0.25, 0.3) is 32.5 Å². The molecule has 1 aliphatic heterocycles. The third-order valence-corrected chi connectivity index (χ3v) is 9.38. The summed E-state index contributed by atoms with van der Waals surface area (Å²) < 4.78 is 40.1. The van der Waals surface area contributed by atoms with Crippen LogP contribution in [0.15, 0.2) is 48.7 Å². The van der Waals surface area contributed by atoms with Crippen molar-refractivity contribution in [1.29, 1.82) is 0 Å². The number of pyridine rings is 1. The first kappa shape index (κ1) is 26.1. The summed E-state index contributed by atoms with van der Waals surface area (Å²) >= 11 is 1.54. The molecule has 0 spiro atoms. The van der Waals surface area contributed by atoms with Crippen molar-refractivity contribution in [3.63, 3.8) is 0 Å². The molecule has 0 saturated carbocycles. The number of fused-ring (bicyclic) bond motifs is 3. The molecular weight excluding hydrogens is 534 g/mol. The Labute approximate surface area is 231 Å². The molecule has 5 heterocycles. The van der Waals surface area contributed by atoms with Crippen molar-refractivity contribution < 1.29 is 17.3 Å². The second-order valence-electron chi connectivity index (χ2n) is 10.2. The van der Waals surface area contributed by atoms with Crippen molar-refractivity contribution in [3.8, 4) is 11.3 Å². The fraction of sp³-hybridized carbons (Fsp3) is 0.393. The minimum Gasteiger partial charge on any atom is -0.381 e. The van der Waals surface area contributed by atoms with Crippen molar-refractivity contribution in [2.24, 2.45) is 13.0 Å².